The fourth-order valence-corrected chi connectivity index (χ4v) is 6.34. The van der Waals surface area contributed by atoms with Crippen molar-refractivity contribution in [2.75, 3.05) is 56.7 Å². The number of sulfonamides is 1. The third-order valence-electron chi connectivity index (χ3n) is 6.89. The Kier molecular flexibility index (Phi) is 8.63. The van der Waals surface area contributed by atoms with Gasteiger partial charge in [0.2, 0.25) is 10.0 Å². The van der Waals surface area contributed by atoms with Gasteiger partial charge in [0.15, 0.2) is 0 Å². The van der Waals surface area contributed by atoms with Gasteiger partial charge in [-0.25, -0.2) is 17.7 Å². The third kappa shape index (κ3) is 6.31. The molecule has 0 saturated carbocycles. The van der Waals surface area contributed by atoms with E-state index in [1.807, 2.05) is 36.7 Å². The minimum atomic E-state index is -3.73. The molecule has 4 rings (SSSR count). The van der Waals surface area contributed by atoms with Crippen LogP contribution in [0.15, 0.2) is 59.9 Å². The Hall–Kier alpha value is -3.50. The van der Waals surface area contributed by atoms with Gasteiger partial charge in [-0.05, 0) is 60.9 Å². The monoisotopic (exact) mass is 537 g/mol. The molecule has 0 aliphatic carbocycles. The van der Waals surface area contributed by atoms with Gasteiger partial charge in [-0.3, -0.25) is 9.78 Å². The van der Waals surface area contributed by atoms with Crippen LogP contribution >= 0.6 is 0 Å². The molecule has 0 N–H and O–H groups in total. The molecule has 202 valence electrons. The summed E-state index contributed by atoms with van der Waals surface area (Å²) in [5, 5.41) is 0. The smallest absolute Gasteiger partial charge is 0.243 e. The second-order valence-corrected chi connectivity index (χ2v) is 11.6. The molecular formula is C28H35N5O4S. The summed E-state index contributed by atoms with van der Waals surface area (Å²) >= 11 is 0. The second kappa shape index (κ2) is 11.9. The van der Waals surface area contributed by atoms with E-state index in [1.165, 1.54) is 17.0 Å². The molecule has 1 aliphatic rings. The lowest BCUT2D eigenvalue weighted by Gasteiger charge is -2.36. The van der Waals surface area contributed by atoms with Gasteiger partial charge in [0.1, 0.15) is 17.4 Å². The van der Waals surface area contributed by atoms with E-state index in [1.54, 1.807) is 39.3 Å². The van der Waals surface area contributed by atoms with E-state index in [-0.39, 0.29) is 30.1 Å². The fraction of sp³-hybridized carbons (Fsp3) is 0.393. The zero-order chi connectivity index (χ0) is 27.3. The number of rotatable bonds is 10. The van der Waals surface area contributed by atoms with Crippen molar-refractivity contribution in [3.63, 3.8) is 0 Å². The highest BCUT2D eigenvalue weighted by molar-refractivity contribution is 7.89. The van der Waals surface area contributed by atoms with Crippen LogP contribution in [-0.4, -0.2) is 75.4 Å². The molecule has 1 aliphatic heterocycles. The number of nitrogens with zero attached hydrogens (tertiary/aromatic N) is 5. The lowest BCUT2D eigenvalue weighted by Crippen LogP contribution is -2.46. The number of aromatic nitrogens is 2. The predicted molar refractivity (Wildman–Crippen MR) is 149 cm³/mol. The Balaban J connectivity index is 1.29. The van der Waals surface area contributed by atoms with Crippen molar-refractivity contribution >= 4 is 27.3 Å². The van der Waals surface area contributed by atoms with Crippen LogP contribution in [0.1, 0.15) is 23.1 Å². The number of carbonyl (C=O) groups is 1. The zero-order valence-corrected chi connectivity index (χ0v) is 23.2. The molecule has 1 fully saturated rings. The van der Waals surface area contributed by atoms with E-state index in [0.717, 1.165) is 37.6 Å². The number of anilines is 2. The Bertz CT molecular complexity index is 1330. The van der Waals surface area contributed by atoms with Crippen molar-refractivity contribution in [1.29, 1.82) is 0 Å². The van der Waals surface area contributed by atoms with Crippen LogP contribution in [0.5, 0.6) is 5.75 Å². The van der Waals surface area contributed by atoms with E-state index >= 15 is 0 Å². The lowest BCUT2D eigenvalue weighted by atomic mass is 10.1. The Labute approximate surface area is 225 Å². The number of benzene rings is 1. The van der Waals surface area contributed by atoms with Gasteiger partial charge in [-0.2, -0.15) is 0 Å². The van der Waals surface area contributed by atoms with E-state index in [9.17, 15) is 13.2 Å². The molecule has 9 nitrogen and oxygen atoms in total. The molecule has 0 spiro atoms. The summed E-state index contributed by atoms with van der Waals surface area (Å²) in [5.41, 5.74) is 3.23. The number of pyridine rings is 2. The molecule has 3 aromatic rings. The molecule has 0 unspecified atom stereocenters. The average Bonchev–Trinajstić information content (AvgIpc) is 2.92. The standard InChI is InChI=1S/C28H35N5O4S/c1-21-17-26(37-4)18-22(2)28(21)38(35,36)31(3)12-9-25(34)19-23-5-6-27(30-20-23)33-15-13-32(14-16-33)24-7-10-29-11-8-24/h5-8,10-11,17-18,20H,9,12-16,19H2,1-4H3. The maximum atomic E-state index is 13.2. The molecule has 38 heavy (non-hydrogen) atoms. The molecule has 0 atom stereocenters. The number of carbonyl (C=O) groups excluding carboxylic acids is 1. The first-order valence-electron chi connectivity index (χ1n) is 12.7. The van der Waals surface area contributed by atoms with Gasteiger partial charge in [-0.1, -0.05) is 6.07 Å². The largest absolute Gasteiger partial charge is 0.497 e. The van der Waals surface area contributed by atoms with Crippen molar-refractivity contribution in [1.82, 2.24) is 14.3 Å². The van der Waals surface area contributed by atoms with Crippen molar-refractivity contribution < 1.29 is 17.9 Å². The third-order valence-corrected chi connectivity index (χ3v) is 9.05. The van der Waals surface area contributed by atoms with Crippen molar-refractivity contribution in [3.8, 4) is 5.75 Å². The summed E-state index contributed by atoms with van der Waals surface area (Å²) in [4.78, 5) is 26.2. The lowest BCUT2D eigenvalue weighted by molar-refractivity contribution is -0.118. The molecule has 0 amide bonds. The highest BCUT2D eigenvalue weighted by atomic mass is 32.2. The van der Waals surface area contributed by atoms with E-state index in [4.69, 9.17) is 4.74 Å². The maximum Gasteiger partial charge on any atom is 0.243 e. The fourth-order valence-electron chi connectivity index (χ4n) is 4.77. The number of piperazine rings is 1. The number of hydrogen-bond donors (Lipinski definition) is 0. The van der Waals surface area contributed by atoms with Crippen LogP contribution in [0.3, 0.4) is 0 Å². The first kappa shape index (κ1) is 27.5. The van der Waals surface area contributed by atoms with E-state index in [0.29, 0.717) is 16.9 Å². The summed E-state index contributed by atoms with van der Waals surface area (Å²) in [6, 6.07) is 11.3. The number of methoxy groups -OCH3 is 1. The summed E-state index contributed by atoms with van der Waals surface area (Å²) in [5.74, 6) is 1.48. The summed E-state index contributed by atoms with van der Waals surface area (Å²) in [6.45, 7) is 7.14. The van der Waals surface area contributed by atoms with Gasteiger partial charge in [0.25, 0.3) is 0 Å². The van der Waals surface area contributed by atoms with E-state index in [2.05, 4.69) is 19.8 Å². The van der Waals surface area contributed by atoms with Gasteiger partial charge >= 0.3 is 0 Å². The van der Waals surface area contributed by atoms with Crippen LogP contribution < -0.4 is 14.5 Å². The van der Waals surface area contributed by atoms with Crippen LogP contribution in [0.4, 0.5) is 11.5 Å². The Morgan fingerprint density at radius 2 is 1.63 bits per heavy atom. The number of ketones is 1. The quantitative estimate of drug-likeness (QED) is 0.389. The van der Waals surface area contributed by atoms with E-state index < -0.39 is 10.0 Å². The number of Topliss-reactive ketones (excluding diaryl/α,β-unsaturated/α-hetero) is 1. The minimum Gasteiger partial charge on any atom is -0.497 e. The molecule has 0 bridgehead atoms. The Morgan fingerprint density at radius 1 is 1.00 bits per heavy atom. The summed E-state index contributed by atoms with van der Waals surface area (Å²) < 4.78 is 32.9. The van der Waals surface area contributed by atoms with Gasteiger partial charge in [0, 0.05) is 76.9 Å². The molecule has 2 aromatic heterocycles. The summed E-state index contributed by atoms with van der Waals surface area (Å²) in [7, 11) is -0.672. The van der Waals surface area contributed by atoms with Gasteiger partial charge in [0.05, 0.1) is 12.0 Å². The first-order valence-corrected chi connectivity index (χ1v) is 14.1. The predicted octanol–water partition coefficient (Wildman–Crippen LogP) is 3.25. The van der Waals surface area contributed by atoms with Crippen LogP contribution in [0, 0.1) is 13.8 Å². The van der Waals surface area contributed by atoms with Crippen LogP contribution in [0.25, 0.3) is 0 Å². The first-order chi connectivity index (χ1) is 18.2. The van der Waals surface area contributed by atoms with Crippen LogP contribution in [-0.2, 0) is 21.2 Å². The number of ether oxygens (including phenoxy) is 1. The van der Waals surface area contributed by atoms with Gasteiger partial charge in [-0.15, -0.1) is 0 Å². The minimum absolute atomic E-state index is 0.0317. The number of aryl methyl sites for hydroxylation is 2. The van der Waals surface area contributed by atoms with Crippen LogP contribution in [0.2, 0.25) is 0 Å². The molecule has 1 aromatic carbocycles. The summed E-state index contributed by atoms with van der Waals surface area (Å²) in [6.07, 6.45) is 5.71. The number of hydrogen-bond acceptors (Lipinski definition) is 8. The SMILES string of the molecule is COc1cc(C)c(S(=O)(=O)N(C)CCC(=O)Cc2ccc(N3CCN(c4ccncc4)CC3)nc2)c(C)c1. The average molecular weight is 538 g/mol. The molecular weight excluding hydrogens is 502 g/mol. The Morgan fingerprint density at radius 3 is 2.21 bits per heavy atom. The zero-order valence-electron chi connectivity index (χ0n) is 22.4. The topological polar surface area (TPSA) is 95.9 Å². The van der Waals surface area contributed by atoms with Crippen molar-refractivity contribution in [3.05, 3.63) is 71.7 Å². The van der Waals surface area contributed by atoms with Gasteiger partial charge < -0.3 is 14.5 Å². The second-order valence-electron chi connectivity index (χ2n) is 9.59. The molecule has 1 saturated heterocycles. The molecule has 3 heterocycles. The van der Waals surface area contributed by atoms with Crippen molar-refractivity contribution in [2.45, 2.75) is 31.6 Å². The van der Waals surface area contributed by atoms with Crippen molar-refractivity contribution in [2.24, 2.45) is 0 Å². The molecule has 0 radical (unpaired) electrons. The highest BCUT2D eigenvalue weighted by Gasteiger charge is 2.26. The maximum absolute atomic E-state index is 13.2. The molecule has 10 heteroatoms. The normalized spacial score (nSPS) is 14.1. The highest BCUT2D eigenvalue weighted by Crippen LogP contribution is 2.28.